The molecule has 11 nitrogen and oxygen atoms in total. The number of aromatic nitrogens is 5. The van der Waals surface area contributed by atoms with Crippen molar-refractivity contribution in [3.63, 3.8) is 0 Å². The highest BCUT2D eigenvalue weighted by molar-refractivity contribution is 6.30. The zero-order valence-corrected chi connectivity index (χ0v) is 24.1. The van der Waals surface area contributed by atoms with Crippen molar-refractivity contribution < 1.29 is 27.2 Å². The normalized spacial score (nSPS) is 16.0. The van der Waals surface area contributed by atoms with Crippen LogP contribution in [0.3, 0.4) is 0 Å². The fourth-order valence-electron chi connectivity index (χ4n) is 4.75. The van der Waals surface area contributed by atoms with Crippen LogP contribution in [0, 0.1) is 0 Å². The van der Waals surface area contributed by atoms with Crippen molar-refractivity contribution in [2.24, 2.45) is 0 Å². The zero-order chi connectivity index (χ0) is 30.6. The van der Waals surface area contributed by atoms with Gasteiger partial charge in [-0.2, -0.15) is 23.3 Å². The van der Waals surface area contributed by atoms with Gasteiger partial charge >= 0.3 is 6.18 Å². The van der Waals surface area contributed by atoms with Gasteiger partial charge in [-0.05, 0) is 43.2 Å². The quantitative estimate of drug-likeness (QED) is 0.252. The van der Waals surface area contributed by atoms with Crippen molar-refractivity contribution in [1.29, 1.82) is 0 Å². The van der Waals surface area contributed by atoms with Gasteiger partial charge in [-0.25, -0.2) is 9.67 Å². The fourth-order valence-corrected chi connectivity index (χ4v) is 4.86. The van der Waals surface area contributed by atoms with Gasteiger partial charge < -0.3 is 24.2 Å². The Labute approximate surface area is 249 Å². The van der Waals surface area contributed by atoms with E-state index < -0.39 is 29.0 Å². The first-order valence-corrected chi connectivity index (χ1v) is 13.8. The van der Waals surface area contributed by atoms with Crippen LogP contribution in [-0.4, -0.2) is 57.8 Å². The van der Waals surface area contributed by atoms with Crippen molar-refractivity contribution in [1.82, 2.24) is 24.9 Å². The topological polar surface area (TPSA) is 120 Å². The molecular formula is C28H29ClF3N7O4. The smallest absolute Gasteiger partial charge is 0.423 e. The van der Waals surface area contributed by atoms with Crippen molar-refractivity contribution in [2.75, 3.05) is 37.0 Å². The summed E-state index contributed by atoms with van der Waals surface area (Å²) in [6.45, 7) is 2.92. The van der Waals surface area contributed by atoms with Crippen molar-refractivity contribution in [3.05, 3.63) is 87.0 Å². The third-order valence-electron chi connectivity index (χ3n) is 6.89. The maximum Gasteiger partial charge on any atom is 0.423 e. The molecule has 0 radical (unpaired) electrons. The van der Waals surface area contributed by atoms with Crippen LogP contribution in [0.15, 0.2) is 58.1 Å². The lowest BCUT2D eigenvalue weighted by molar-refractivity contribution is -0.138. The van der Waals surface area contributed by atoms with Gasteiger partial charge in [-0.1, -0.05) is 28.9 Å². The lowest BCUT2D eigenvalue weighted by Crippen LogP contribution is -2.34. The average molecular weight is 620 g/mol. The summed E-state index contributed by atoms with van der Waals surface area (Å²) in [5.41, 5.74) is -2.42. The molecule has 0 aliphatic carbocycles. The van der Waals surface area contributed by atoms with E-state index in [0.717, 1.165) is 29.7 Å². The molecule has 1 aliphatic rings. The minimum absolute atomic E-state index is 0.00336. The molecule has 228 valence electrons. The van der Waals surface area contributed by atoms with E-state index in [-0.39, 0.29) is 31.6 Å². The van der Waals surface area contributed by atoms with E-state index in [0.29, 0.717) is 28.7 Å². The largest absolute Gasteiger partial charge is 0.497 e. The second-order valence-electron chi connectivity index (χ2n) is 10.1. The predicted molar refractivity (Wildman–Crippen MR) is 151 cm³/mol. The lowest BCUT2D eigenvalue weighted by Gasteiger charge is -2.19. The summed E-state index contributed by atoms with van der Waals surface area (Å²) in [5, 5.41) is 11.3. The van der Waals surface area contributed by atoms with Gasteiger partial charge in [0.25, 0.3) is 11.4 Å². The highest BCUT2D eigenvalue weighted by Gasteiger charge is 2.38. The Morgan fingerprint density at radius 3 is 2.67 bits per heavy atom. The molecule has 0 bridgehead atoms. The standard InChI is InChI=1S/C28H29ClF3N7O4/c1-17(15-42-16-24-36-26(37-43-24)19-9-10-38(14-19)23-8-5-20(29)11-33-23)35-22-12-34-39(27(40)25(22)28(30,31)32)13-18-3-6-21(41-2)7-4-18/h3-8,11-12,17,19,35H,9-10,13-16H2,1-2H3. The van der Waals surface area contributed by atoms with E-state index in [1.54, 1.807) is 43.5 Å². The van der Waals surface area contributed by atoms with E-state index in [2.05, 4.69) is 30.4 Å². The molecule has 1 saturated heterocycles. The molecule has 5 rings (SSSR count). The van der Waals surface area contributed by atoms with E-state index in [1.165, 1.54) is 7.11 Å². The van der Waals surface area contributed by atoms with Crippen LogP contribution in [0.2, 0.25) is 5.02 Å². The number of pyridine rings is 1. The summed E-state index contributed by atoms with van der Waals surface area (Å²) in [5.74, 6) is 2.26. The minimum atomic E-state index is -4.90. The average Bonchev–Trinajstić information content (AvgIpc) is 3.65. The van der Waals surface area contributed by atoms with E-state index in [9.17, 15) is 18.0 Å². The molecule has 0 spiro atoms. The molecule has 3 aromatic heterocycles. The monoisotopic (exact) mass is 619 g/mol. The highest BCUT2D eigenvalue weighted by Crippen LogP contribution is 2.32. The Morgan fingerprint density at radius 2 is 1.98 bits per heavy atom. The van der Waals surface area contributed by atoms with Gasteiger partial charge in [0.1, 0.15) is 23.7 Å². The van der Waals surface area contributed by atoms with Gasteiger partial charge in [-0.3, -0.25) is 4.79 Å². The van der Waals surface area contributed by atoms with E-state index in [4.69, 9.17) is 25.6 Å². The van der Waals surface area contributed by atoms with Crippen LogP contribution in [0.5, 0.6) is 5.75 Å². The van der Waals surface area contributed by atoms with Gasteiger partial charge in [0.05, 0.1) is 37.2 Å². The molecule has 2 unspecified atom stereocenters. The number of halogens is 4. The fraction of sp³-hybridized carbons (Fsp3) is 0.393. The van der Waals surface area contributed by atoms with Gasteiger partial charge in [-0.15, -0.1) is 0 Å². The molecule has 2 atom stereocenters. The summed E-state index contributed by atoms with van der Waals surface area (Å²) in [6, 6.07) is 9.66. The Hall–Kier alpha value is -4.17. The second-order valence-corrected chi connectivity index (χ2v) is 10.6. The van der Waals surface area contributed by atoms with Crippen molar-refractivity contribution >= 4 is 23.1 Å². The van der Waals surface area contributed by atoms with Crippen LogP contribution in [0.1, 0.15) is 42.1 Å². The van der Waals surface area contributed by atoms with Crippen LogP contribution in [-0.2, 0) is 24.1 Å². The lowest BCUT2D eigenvalue weighted by atomic mass is 10.1. The predicted octanol–water partition coefficient (Wildman–Crippen LogP) is 4.76. The molecule has 1 aromatic carbocycles. The number of hydrogen-bond donors (Lipinski definition) is 1. The summed E-state index contributed by atoms with van der Waals surface area (Å²) in [6.07, 6.45) is -1.48. The highest BCUT2D eigenvalue weighted by atomic mass is 35.5. The SMILES string of the molecule is COc1ccc(Cn2ncc(NC(C)COCc3nc(C4CCN(c5ccc(Cl)cn5)C4)no3)c(C(F)(F)F)c2=O)cc1. The Kier molecular flexibility index (Phi) is 9.16. The van der Waals surface area contributed by atoms with Crippen LogP contribution >= 0.6 is 11.6 Å². The van der Waals surface area contributed by atoms with Gasteiger partial charge in [0, 0.05) is 31.2 Å². The third kappa shape index (κ3) is 7.43. The molecule has 4 heterocycles. The molecule has 0 amide bonds. The minimum Gasteiger partial charge on any atom is -0.497 e. The number of anilines is 2. The summed E-state index contributed by atoms with van der Waals surface area (Å²) < 4.78 is 58.7. The summed E-state index contributed by atoms with van der Waals surface area (Å²) >= 11 is 5.92. The van der Waals surface area contributed by atoms with Gasteiger partial charge in [0.2, 0.25) is 0 Å². The molecule has 15 heteroatoms. The van der Waals surface area contributed by atoms with E-state index in [1.807, 2.05) is 6.07 Å². The molecule has 4 aromatic rings. The number of alkyl halides is 3. The van der Waals surface area contributed by atoms with Crippen molar-refractivity contribution in [3.8, 4) is 5.75 Å². The Balaban J connectivity index is 1.16. The van der Waals surface area contributed by atoms with Crippen LogP contribution in [0.4, 0.5) is 24.7 Å². The molecule has 43 heavy (non-hydrogen) atoms. The first kappa shape index (κ1) is 30.3. The number of nitrogens with zero attached hydrogens (tertiary/aromatic N) is 6. The van der Waals surface area contributed by atoms with Crippen LogP contribution < -0.4 is 20.5 Å². The molecule has 1 N–H and O–H groups in total. The number of rotatable bonds is 11. The summed E-state index contributed by atoms with van der Waals surface area (Å²) in [7, 11) is 1.50. The number of nitrogens with one attached hydrogen (secondary N) is 1. The Morgan fingerprint density at radius 1 is 1.19 bits per heavy atom. The van der Waals surface area contributed by atoms with Crippen LogP contribution in [0.25, 0.3) is 0 Å². The maximum absolute atomic E-state index is 13.9. The third-order valence-corrected chi connectivity index (χ3v) is 7.11. The zero-order valence-electron chi connectivity index (χ0n) is 23.3. The molecule has 0 saturated carbocycles. The van der Waals surface area contributed by atoms with E-state index >= 15 is 0 Å². The number of benzene rings is 1. The number of ether oxygens (including phenoxy) is 2. The van der Waals surface area contributed by atoms with Gasteiger partial charge in [0.15, 0.2) is 5.82 Å². The van der Waals surface area contributed by atoms with Crippen molar-refractivity contribution in [2.45, 2.75) is 44.6 Å². The maximum atomic E-state index is 13.9. The molecule has 1 fully saturated rings. The number of hydrogen-bond acceptors (Lipinski definition) is 10. The first-order chi connectivity index (χ1) is 20.6. The Bertz CT molecular complexity index is 1580. The molecular weight excluding hydrogens is 591 g/mol. The summed E-state index contributed by atoms with van der Waals surface area (Å²) in [4.78, 5) is 23.7. The first-order valence-electron chi connectivity index (χ1n) is 13.4. The number of methoxy groups -OCH3 is 1. The second kappa shape index (κ2) is 13.0. The molecule has 1 aliphatic heterocycles.